The average Bonchev–Trinajstić information content (AvgIpc) is 3.28. The summed E-state index contributed by atoms with van der Waals surface area (Å²) in [4.78, 5) is 16.7. The molecule has 1 saturated carbocycles. The SMILES string of the molecule is CC(O)CN1CCN(C(=O)C2CC2c2ccc(F)cc2)CC1. The van der Waals surface area contributed by atoms with Crippen molar-refractivity contribution in [3.8, 4) is 0 Å². The number of rotatable bonds is 4. The van der Waals surface area contributed by atoms with E-state index in [-0.39, 0.29) is 29.7 Å². The summed E-state index contributed by atoms with van der Waals surface area (Å²) >= 11 is 0. The predicted molar refractivity (Wildman–Crippen MR) is 81.9 cm³/mol. The van der Waals surface area contributed by atoms with Gasteiger partial charge in [-0.25, -0.2) is 4.39 Å². The molecule has 0 radical (unpaired) electrons. The van der Waals surface area contributed by atoms with E-state index in [1.54, 1.807) is 19.1 Å². The molecule has 1 aliphatic carbocycles. The number of aliphatic hydroxyl groups is 1. The fraction of sp³-hybridized carbons (Fsp3) is 0.588. The summed E-state index contributed by atoms with van der Waals surface area (Å²) in [6.07, 6.45) is 0.548. The van der Waals surface area contributed by atoms with Gasteiger partial charge in [-0.3, -0.25) is 9.69 Å². The Balaban J connectivity index is 1.51. The smallest absolute Gasteiger partial charge is 0.226 e. The van der Waals surface area contributed by atoms with Crippen molar-refractivity contribution in [2.75, 3.05) is 32.7 Å². The number of benzene rings is 1. The van der Waals surface area contributed by atoms with Crippen molar-refractivity contribution in [1.29, 1.82) is 0 Å². The first kappa shape index (κ1) is 15.4. The van der Waals surface area contributed by atoms with Gasteiger partial charge in [0.2, 0.25) is 5.91 Å². The fourth-order valence-corrected chi connectivity index (χ4v) is 3.31. The summed E-state index contributed by atoms with van der Waals surface area (Å²) < 4.78 is 12.9. The van der Waals surface area contributed by atoms with Gasteiger partial charge in [-0.2, -0.15) is 0 Å². The van der Waals surface area contributed by atoms with Crippen LogP contribution in [0.4, 0.5) is 4.39 Å². The Morgan fingerprint density at radius 1 is 1.27 bits per heavy atom. The van der Waals surface area contributed by atoms with E-state index in [2.05, 4.69) is 4.90 Å². The number of piperazine rings is 1. The van der Waals surface area contributed by atoms with Gasteiger partial charge >= 0.3 is 0 Å². The number of amides is 1. The first-order chi connectivity index (χ1) is 10.5. The predicted octanol–water partition coefficient (Wildman–Crippen LogP) is 1.45. The zero-order chi connectivity index (χ0) is 15.7. The molecule has 5 heteroatoms. The lowest BCUT2D eigenvalue weighted by Gasteiger charge is -2.35. The summed E-state index contributed by atoms with van der Waals surface area (Å²) in [5.41, 5.74) is 1.06. The zero-order valence-corrected chi connectivity index (χ0v) is 12.9. The van der Waals surface area contributed by atoms with Gasteiger partial charge in [0.05, 0.1) is 6.10 Å². The molecule has 0 spiro atoms. The molecule has 0 bridgehead atoms. The van der Waals surface area contributed by atoms with Crippen LogP contribution in [0.5, 0.6) is 0 Å². The highest BCUT2D eigenvalue weighted by Gasteiger charge is 2.46. The van der Waals surface area contributed by atoms with Crippen LogP contribution in [0.1, 0.15) is 24.8 Å². The van der Waals surface area contributed by atoms with Gasteiger partial charge in [-0.1, -0.05) is 12.1 Å². The maximum Gasteiger partial charge on any atom is 0.226 e. The highest BCUT2D eigenvalue weighted by molar-refractivity contribution is 5.83. The number of hydrogen-bond donors (Lipinski definition) is 1. The molecule has 1 N–H and O–H groups in total. The van der Waals surface area contributed by atoms with Crippen molar-refractivity contribution >= 4 is 5.91 Å². The summed E-state index contributed by atoms with van der Waals surface area (Å²) in [6, 6.07) is 6.50. The van der Waals surface area contributed by atoms with Crippen LogP contribution in [0.15, 0.2) is 24.3 Å². The Bertz CT molecular complexity index is 524. The molecule has 2 fully saturated rings. The highest BCUT2D eigenvalue weighted by atomic mass is 19.1. The number of β-amino-alcohol motifs (C(OH)–C–C–N with tert-alkyl or cyclic N) is 1. The van der Waals surface area contributed by atoms with E-state index >= 15 is 0 Å². The fourth-order valence-electron chi connectivity index (χ4n) is 3.31. The number of nitrogens with zero attached hydrogens (tertiary/aromatic N) is 2. The van der Waals surface area contributed by atoms with Gasteiger partial charge in [-0.05, 0) is 37.0 Å². The monoisotopic (exact) mass is 306 g/mol. The van der Waals surface area contributed by atoms with Crippen LogP contribution in [-0.4, -0.2) is 59.6 Å². The van der Waals surface area contributed by atoms with E-state index in [4.69, 9.17) is 0 Å². The van der Waals surface area contributed by atoms with Crippen LogP contribution in [0, 0.1) is 11.7 Å². The van der Waals surface area contributed by atoms with E-state index in [0.717, 1.165) is 38.2 Å². The second-order valence-electron chi connectivity index (χ2n) is 6.48. The van der Waals surface area contributed by atoms with Gasteiger partial charge < -0.3 is 10.0 Å². The van der Waals surface area contributed by atoms with E-state index in [9.17, 15) is 14.3 Å². The lowest BCUT2D eigenvalue weighted by Crippen LogP contribution is -2.50. The number of hydrogen-bond acceptors (Lipinski definition) is 3. The van der Waals surface area contributed by atoms with Crippen molar-refractivity contribution in [1.82, 2.24) is 9.80 Å². The van der Waals surface area contributed by atoms with Gasteiger partial charge in [0.25, 0.3) is 0 Å². The molecule has 4 nitrogen and oxygen atoms in total. The van der Waals surface area contributed by atoms with Crippen LogP contribution < -0.4 is 0 Å². The first-order valence-electron chi connectivity index (χ1n) is 7.99. The average molecular weight is 306 g/mol. The molecule has 2 aliphatic rings. The Morgan fingerprint density at radius 3 is 2.50 bits per heavy atom. The van der Waals surface area contributed by atoms with Crippen molar-refractivity contribution < 1.29 is 14.3 Å². The van der Waals surface area contributed by atoms with Gasteiger partial charge in [0.15, 0.2) is 0 Å². The van der Waals surface area contributed by atoms with Crippen molar-refractivity contribution in [2.45, 2.75) is 25.4 Å². The number of carbonyl (C=O) groups is 1. The summed E-state index contributed by atoms with van der Waals surface area (Å²) in [5.74, 6) is 0.310. The summed E-state index contributed by atoms with van der Waals surface area (Å²) in [6.45, 7) is 5.57. The molecule has 1 aromatic rings. The minimum Gasteiger partial charge on any atom is -0.392 e. The number of halogens is 1. The normalized spacial score (nSPS) is 26.8. The van der Waals surface area contributed by atoms with Crippen LogP contribution >= 0.6 is 0 Å². The Morgan fingerprint density at radius 2 is 1.91 bits per heavy atom. The summed E-state index contributed by atoms with van der Waals surface area (Å²) in [5, 5.41) is 9.41. The first-order valence-corrected chi connectivity index (χ1v) is 7.99. The Kier molecular flexibility index (Phi) is 4.45. The largest absolute Gasteiger partial charge is 0.392 e. The third-order valence-electron chi connectivity index (χ3n) is 4.61. The van der Waals surface area contributed by atoms with Crippen LogP contribution in [0.2, 0.25) is 0 Å². The van der Waals surface area contributed by atoms with Crippen molar-refractivity contribution in [2.24, 2.45) is 5.92 Å². The molecule has 3 rings (SSSR count). The van der Waals surface area contributed by atoms with Gasteiger partial charge in [-0.15, -0.1) is 0 Å². The molecular formula is C17H23FN2O2. The lowest BCUT2D eigenvalue weighted by atomic mass is 10.1. The van der Waals surface area contributed by atoms with Gasteiger partial charge in [0, 0.05) is 38.6 Å². The molecular weight excluding hydrogens is 283 g/mol. The molecule has 1 saturated heterocycles. The lowest BCUT2D eigenvalue weighted by molar-refractivity contribution is -0.134. The Hall–Kier alpha value is -1.46. The van der Waals surface area contributed by atoms with Crippen LogP contribution in [0.3, 0.4) is 0 Å². The van der Waals surface area contributed by atoms with Gasteiger partial charge in [0.1, 0.15) is 5.82 Å². The van der Waals surface area contributed by atoms with Crippen LogP contribution in [0.25, 0.3) is 0 Å². The minimum atomic E-state index is -0.325. The standard InChI is InChI=1S/C17H23FN2O2/c1-12(21)11-19-6-8-20(9-7-19)17(22)16-10-15(16)13-2-4-14(18)5-3-13/h2-5,12,15-16,21H,6-11H2,1H3. The van der Waals surface area contributed by atoms with E-state index in [0.29, 0.717) is 6.54 Å². The molecule has 3 atom stereocenters. The molecule has 1 aromatic carbocycles. The second-order valence-corrected chi connectivity index (χ2v) is 6.48. The maximum absolute atomic E-state index is 12.9. The molecule has 3 unspecified atom stereocenters. The third kappa shape index (κ3) is 3.47. The van der Waals surface area contributed by atoms with E-state index in [1.165, 1.54) is 12.1 Å². The molecule has 1 amide bonds. The second kappa shape index (κ2) is 6.34. The minimum absolute atomic E-state index is 0.0637. The van der Waals surface area contributed by atoms with E-state index < -0.39 is 0 Å². The summed E-state index contributed by atoms with van der Waals surface area (Å²) in [7, 11) is 0. The van der Waals surface area contributed by atoms with Crippen molar-refractivity contribution in [3.63, 3.8) is 0 Å². The van der Waals surface area contributed by atoms with Crippen LogP contribution in [-0.2, 0) is 4.79 Å². The molecule has 1 heterocycles. The third-order valence-corrected chi connectivity index (χ3v) is 4.61. The van der Waals surface area contributed by atoms with Crippen molar-refractivity contribution in [3.05, 3.63) is 35.6 Å². The molecule has 0 aromatic heterocycles. The van der Waals surface area contributed by atoms with E-state index in [1.807, 2.05) is 4.90 Å². The Labute approximate surface area is 130 Å². The quantitative estimate of drug-likeness (QED) is 0.916. The molecule has 22 heavy (non-hydrogen) atoms. The number of aliphatic hydroxyl groups excluding tert-OH is 1. The molecule has 1 aliphatic heterocycles. The number of carbonyl (C=O) groups excluding carboxylic acids is 1. The topological polar surface area (TPSA) is 43.8 Å². The maximum atomic E-state index is 12.9. The zero-order valence-electron chi connectivity index (χ0n) is 12.9. The molecule has 120 valence electrons. The highest BCUT2D eigenvalue weighted by Crippen LogP contribution is 2.48.